The Morgan fingerprint density at radius 1 is 1.37 bits per heavy atom. The summed E-state index contributed by atoms with van der Waals surface area (Å²) in [5.74, 6) is -3.09. The maximum Gasteiger partial charge on any atom is 0.340 e. The summed E-state index contributed by atoms with van der Waals surface area (Å²) in [6.45, 7) is 0. The van der Waals surface area contributed by atoms with Crippen LogP contribution < -0.4 is 0 Å². The van der Waals surface area contributed by atoms with Gasteiger partial charge in [0.25, 0.3) is 0 Å². The van der Waals surface area contributed by atoms with E-state index in [0.29, 0.717) is 0 Å². The van der Waals surface area contributed by atoms with Crippen molar-refractivity contribution in [1.82, 2.24) is 0 Å². The van der Waals surface area contributed by atoms with E-state index in [4.69, 9.17) is 5.11 Å². The molecular weight excluding hydrogens is 259 g/mol. The molecule has 1 aromatic rings. The van der Waals surface area contributed by atoms with E-state index < -0.39 is 36.4 Å². The zero-order valence-corrected chi connectivity index (χ0v) is 10.0. The minimum atomic E-state index is -1.57. The molecule has 0 spiro atoms. The molecule has 0 aliphatic heterocycles. The van der Waals surface area contributed by atoms with Crippen LogP contribution in [0.2, 0.25) is 0 Å². The molecule has 2 atom stereocenters. The van der Waals surface area contributed by atoms with Crippen LogP contribution in [-0.2, 0) is 9.53 Å². The van der Waals surface area contributed by atoms with Crippen molar-refractivity contribution in [1.29, 1.82) is 0 Å². The molecule has 0 fully saturated rings. The number of aliphatic hydroxyl groups excluding tert-OH is 2. The van der Waals surface area contributed by atoms with Gasteiger partial charge in [-0.3, -0.25) is 4.79 Å². The summed E-state index contributed by atoms with van der Waals surface area (Å²) in [4.78, 5) is 21.5. The number of carbonyl (C=O) groups excluding carboxylic acids is 1. The second-order valence-electron chi connectivity index (χ2n) is 3.84. The van der Waals surface area contributed by atoms with Crippen molar-refractivity contribution in [3.05, 3.63) is 35.1 Å². The Bertz CT molecular complexity index is 487. The zero-order valence-electron chi connectivity index (χ0n) is 10.0. The number of carboxylic acids is 1. The molecule has 0 heterocycles. The van der Waals surface area contributed by atoms with Crippen LogP contribution in [0.25, 0.3) is 0 Å². The van der Waals surface area contributed by atoms with Crippen molar-refractivity contribution in [2.75, 3.05) is 7.11 Å². The van der Waals surface area contributed by atoms with E-state index in [2.05, 4.69) is 4.74 Å². The molecule has 2 unspecified atom stereocenters. The number of carbonyl (C=O) groups is 2. The molecule has 0 radical (unpaired) electrons. The third kappa shape index (κ3) is 3.73. The number of halogens is 1. The van der Waals surface area contributed by atoms with Gasteiger partial charge in [-0.25, -0.2) is 9.18 Å². The molecule has 0 aliphatic rings. The lowest BCUT2D eigenvalue weighted by Gasteiger charge is -2.16. The summed E-state index contributed by atoms with van der Waals surface area (Å²) in [5.41, 5.74) is -0.343. The number of methoxy groups -OCH3 is 1. The molecule has 0 aliphatic carbocycles. The first-order chi connectivity index (χ1) is 8.86. The van der Waals surface area contributed by atoms with E-state index in [9.17, 15) is 24.2 Å². The van der Waals surface area contributed by atoms with E-state index in [-0.39, 0.29) is 11.1 Å². The van der Waals surface area contributed by atoms with Gasteiger partial charge in [0.1, 0.15) is 11.9 Å². The summed E-state index contributed by atoms with van der Waals surface area (Å²) in [6.07, 6.45) is -3.81. The minimum Gasteiger partial charge on any atom is -0.481 e. The molecule has 0 bridgehead atoms. The van der Waals surface area contributed by atoms with Gasteiger partial charge in [-0.05, 0) is 17.7 Å². The summed E-state index contributed by atoms with van der Waals surface area (Å²) in [5, 5.41) is 27.5. The van der Waals surface area contributed by atoms with E-state index in [1.54, 1.807) is 0 Å². The fourth-order valence-corrected chi connectivity index (χ4v) is 1.50. The van der Waals surface area contributed by atoms with Gasteiger partial charge < -0.3 is 20.1 Å². The second-order valence-corrected chi connectivity index (χ2v) is 3.84. The molecule has 1 aromatic carbocycles. The van der Waals surface area contributed by atoms with Gasteiger partial charge in [-0.1, -0.05) is 6.07 Å². The third-order valence-electron chi connectivity index (χ3n) is 2.49. The number of rotatable bonds is 5. The lowest BCUT2D eigenvalue weighted by atomic mass is 10.0. The highest BCUT2D eigenvalue weighted by Crippen LogP contribution is 2.21. The molecule has 1 rings (SSSR count). The number of aliphatic carboxylic acids is 1. The van der Waals surface area contributed by atoms with Gasteiger partial charge in [0, 0.05) is 0 Å². The standard InChI is InChI=1S/C12H13FO6/c1-19-12(18)7-3-2-6(4-8(7)13)11(17)9(14)5-10(15)16/h2-4,9,11,14,17H,5H2,1H3,(H,15,16). The van der Waals surface area contributed by atoms with E-state index in [1.807, 2.05) is 0 Å². The van der Waals surface area contributed by atoms with E-state index in [0.717, 1.165) is 19.2 Å². The molecular formula is C12H13FO6. The number of hydrogen-bond donors (Lipinski definition) is 3. The van der Waals surface area contributed by atoms with Gasteiger partial charge in [-0.15, -0.1) is 0 Å². The predicted octanol–water partition coefficient (Wildman–Crippen LogP) is 0.481. The number of esters is 1. The van der Waals surface area contributed by atoms with Gasteiger partial charge in [0.2, 0.25) is 0 Å². The van der Waals surface area contributed by atoms with Crippen LogP contribution in [0, 0.1) is 5.82 Å². The topological polar surface area (TPSA) is 104 Å². The van der Waals surface area contributed by atoms with Gasteiger partial charge >= 0.3 is 11.9 Å². The number of aliphatic hydroxyl groups is 2. The third-order valence-corrected chi connectivity index (χ3v) is 2.49. The van der Waals surface area contributed by atoms with Crippen molar-refractivity contribution < 1.29 is 34.0 Å². The quantitative estimate of drug-likeness (QED) is 0.673. The van der Waals surface area contributed by atoms with Crippen molar-refractivity contribution in [2.45, 2.75) is 18.6 Å². The fraction of sp³-hybridized carbons (Fsp3) is 0.333. The Balaban J connectivity index is 2.94. The number of hydrogen-bond acceptors (Lipinski definition) is 5. The van der Waals surface area contributed by atoms with Crippen molar-refractivity contribution in [2.24, 2.45) is 0 Å². The molecule has 0 saturated heterocycles. The highest BCUT2D eigenvalue weighted by atomic mass is 19.1. The van der Waals surface area contributed by atoms with Crippen LogP contribution in [0.1, 0.15) is 28.4 Å². The first-order valence-corrected chi connectivity index (χ1v) is 5.32. The Morgan fingerprint density at radius 3 is 2.47 bits per heavy atom. The van der Waals surface area contributed by atoms with Crippen LogP contribution in [0.15, 0.2) is 18.2 Å². The molecule has 104 valence electrons. The maximum absolute atomic E-state index is 13.6. The molecule has 7 heteroatoms. The van der Waals surface area contributed by atoms with Crippen LogP contribution >= 0.6 is 0 Å². The largest absolute Gasteiger partial charge is 0.481 e. The fourth-order valence-electron chi connectivity index (χ4n) is 1.50. The Kier molecular flexibility index (Phi) is 4.96. The highest BCUT2D eigenvalue weighted by molar-refractivity contribution is 5.89. The number of benzene rings is 1. The Labute approximate surface area is 108 Å². The predicted molar refractivity (Wildman–Crippen MR) is 61.0 cm³/mol. The van der Waals surface area contributed by atoms with Crippen LogP contribution in [0.3, 0.4) is 0 Å². The number of ether oxygens (including phenoxy) is 1. The Hall–Kier alpha value is -1.99. The molecule has 19 heavy (non-hydrogen) atoms. The summed E-state index contributed by atoms with van der Waals surface area (Å²) >= 11 is 0. The Morgan fingerprint density at radius 2 is 2.00 bits per heavy atom. The second kappa shape index (κ2) is 6.26. The average molecular weight is 272 g/mol. The molecule has 0 amide bonds. The number of carboxylic acid groups (broad SMARTS) is 1. The lowest BCUT2D eigenvalue weighted by Crippen LogP contribution is -2.22. The summed E-state index contributed by atoms with van der Waals surface area (Å²) < 4.78 is 17.9. The van der Waals surface area contributed by atoms with Crippen LogP contribution in [0.4, 0.5) is 4.39 Å². The van der Waals surface area contributed by atoms with Crippen LogP contribution in [0.5, 0.6) is 0 Å². The van der Waals surface area contributed by atoms with E-state index >= 15 is 0 Å². The lowest BCUT2D eigenvalue weighted by molar-refractivity contribution is -0.141. The van der Waals surface area contributed by atoms with Crippen molar-refractivity contribution in [3.63, 3.8) is 0 Å². The molecule has 0 saturated carbocycles. The zero-order chi connectivity index (χ0) is 14.6. The molecule has 0 aromatic heterocycles. The van der Waals surface area contributed by atoms with Crippen LogP contribution in [-0.4, -0.2) is 40.5 Å². The van der Waals surface area contributed by atoms with Gasteiger partial charge in [-0.2, -0.15) is 0 Å². The smallest absolute Gasteiger partial charge is 0.340 e. The maximum atomic E-state index is 13.6. The van der Waals surface area contributed by atoms with Gasteiger partial charge in [0.15, 0.2) is 0 Å². The summed E-state index contributed by atoms with van der Waals surface area (Å²) in [6, 6.07) is 3.15. The summed E-state index contributed by atoms with van der Waals surface area (Å²) in [7, 11) is 1.10. The normalized spacial score (nSPS) is 13.7. The average Bonchev–Trinajstić information content (AvgIpc) is 2.36. The molecule has 3 N–H and O–H groups in total. The van der Waals surface area contributed by atoms with Gasteiger partial charge in [0.05, 0.1) is 25.2 Å². The van der Waals surface area contributed by atoms with E-state index in [1.165, 1.54) is 6.07 Å². The highest BCUT2D eigenvalue weighted by Gasteiger charge is 2.23. The SMILES string of the molecule is COC(=O)c1ccc(C(O)C(O)CC(=O)O)cc1F. The monoisotopic (exact) mass is 272 g/mol. The van der Waals surface area contributed by atoms with Crippen molar-refractivity contribution in [3.8, 4) is 0 Å². The van der Waals surface area contributed by atoms with Crippen molar-refractivity contribution >= 4 is 11.9 Å². The minimum absolute atomic E-state index is 0.0288. The first kappa shape index (κ1) is 15.1. The first-order valence-electron chi connectivity index (χ1n) is 5.32. The molecule has 6 nitrogen and oxygen atoms in total.